The molecule has 5 nitrogen and oxygen atoms in total. The maximum absolute atomic E-state index is 12.1. The molecule has 0 spiro atoms. The molecule has 1 aromatic rings. The Hall–Kier alpha value is -1.88. The number of carbonyl (C=O) groups excluding carboxylic acids is 1. The molecular weight excluding hydrogens is 246 g/mol. The molecule has 0 bridgehead atoms. The van der Waals surface area contributed by atoms with Crippen LogP contribution in [0.15, 0.2) is 30.3 Å². The van der Waals surface area contributed by atoms with Crippen molar-refractivity contribution in [2.45, 2.75) is 31.7 Å². The maximum Gasteiger partial charge on any atom is 0.326 e. The molecule has 1 rings (SSSR count). The monoisotopic (exact) mass is 265 g/mol. The number of aliphatic hydroxyl groups is 1. The lowest BCUT2D eigenvalue weighted by atomic mass is 9.95. The molecule has 1 amide bonds. The summed E-state index contributed by atoms with van der Waals surface area (Å²) in [6, 6.07) is 8.18. The average Bonchev–Trinajstić information content (AvgIpc) is 2.40. The zero-order valence-electron chi connectivity index (χ0n) is 10.9. The van der Waals surface area contributed by atoms with Crippen molar-refractivity contribution in [3.63, 3.8) is 0 Å². The summed E-state index contributed by atoms with van der Waals surface area (Å²) in [6.07, 6.45) is 0.591. The Morgan fingerprint density at radius 1 is 1.26 bits per heavy atom. The molecule has 0 saturated carbocycles. The van der Waals surface area contributed by atoms with Crippen LogP contribution in [0, 0.1) is 0 Å². The Balaban J connectivity index is 2.76. The standard InChI is InChI=1S/C14H19NO4/c1-2-11(10-6-4-3-5-7-10)13(17)15-12(8-9-16)14(18)19/h3-7,11-12,16H,2,8-9H2,1H3,(H,15,17)(H,18,19)/t11?,12-/m1/s1. The first kappa shape index (κ1) is 15.2. The van der Waals surface area contributed by atoms with Crippen molar-refractivity contribution in [1.82, 2.24) is 5.32 Å². The molecule has 104 valence electrons. The predicted octanol–water partition coefficient (Wildman–Crippen LogP) is 1.13. The molecule has 0 aliphatic carbocycles. The van der Waals surface area contributed by atoms with Gasteiger partial charge in [-0.3, -0.25) is 4.79 Å². The van der Waals surface area contributed by atoms with Gasteiger partial charge in [-0.05, 0) is 12.0 Å². The summed E-state index contributed by atoms with van der Waals surface area (Å²) in [5.41, 5.74) is 0.857. The number of rotatable bonds is 7. The summed E-state index contributed by atoms with van der Waals surface area (Å²) < 4.78 is 0. The zero-order valence-corrected chi connectivity index (χ0v) is 10.9. The summed E-state index contributed by atoms with van der Waals surface area (Å²) in [7, 11) is 0. The van der Waals surface area contributed by atoms with E-state index in [0.717, 1.165) is 5.56 Å². The predicted molar refractivity (Wildman–Crippen MR) is 70.7 cm³/mol. The lowest BCUT2D eigenvalue weighted by Crippen LogP contribution is -2.43. The van der Waals surface area contributed by atoms with E-state index in [0.29, 0.717) is 6.42 Å². The van der Waals surface area contributed by atoms with Crippen molar-refractivity contribution >= 4 is 11.9 Å². The molecule has 2 atom stereocenters. The third kappa shape index (κ3) is 4.37. The quantitative estimate of drug-likeness (QED) is 0.690. The van der Waals surface area contributed by atoms with E-state index < -0.39 is 12.0 Å². The van der Waals surface area contributed by atoms with Crippen LogP contribution in [-0.2, 0) is 9.59 Å². The highest BCUT2D eigenvalue weighted by Crippen LogP contribution is 2.19. The Kier molecular flexibility index (Phi) is 6.02. The van der Waals surface area contributed by atoms with Gasteiger partial charge in [0.15, 0.2) is 0 Å². The summed E-state index contributed by atoms with van der Waals surface area (Å²) in [5.74, 6) is -1.83. The van der Waals surface area contributed by atoms with Crippen LogP contribution in [0.1, 0.15) is 31.2 Å². The van der Waals surface area contributed by atoms with E-state index in [4.69, 9.17) is 10.2 Å². The molecule has 5 heteroatoms. The van der Waals surface area contributed by atoms with Gasteiger partial charge in [0.05, 0.1) is 5.92 Å². The molecule has 0 saturated heterocycles. The first-order chi connectivity index (χ1) is 9.10. The number of carbonyl (C=O) groups is 2. The van der Waals surface area contributed by atoms with Gasteiger partial charge in [0.1, 0.15) is 6.04 Å². The van der Waals surface area contributed by atoms with Crippen LogP contribution in [0.4, 0.5) is 0 Å². The fraction of sp³-hybridized carbons (Fsp3) is 0.429. The van der Waals surface area contributed by atoms with Crippen LogP contribution >= 0.6 is 0 Å². The summed E-state index contributed by atoms with van der Waals surface area (Å²) in [6.45, 7) is 1.60. The fourth-order valence-electron chi connectivity index (χ4n) is 1.92. The average molecular weight is 265 g/mol. The molecular formula is C14H19NO4. The maximum atomic E-state index is 12.1. The lowest BCUT2D eigenvalue weighted by molar-refractivity contribution is -0.142. The van der Waals surface area contributed by atoms with Crippen molar-refractivity contribution in [1.29, 1.82) is 0 Å². The highest BCUT2D eigenvalue weighted by Gasteiger charge is 2.24. The Morgan fingerprint density at radius 3 is 2.37 bits per heavy atom. The van der Waals surface area contributed by atoms with Crippen molar-refractivity contribution in [2.24, 2.45) is 0 Å². The second kappa shape index (κ2) is 7.53. The van der Waals surface area contributed by atoms with Crippen molar-refractivity contribution in [2.75, 3.05) is 6.61 Å². The number of nitrogens with one attached hydrogen (secondary N) is 1. The first-order valence-corrected chi connectivity index (χ1v) is 6.29. The van der Waals surface area contributed by atoms with Crippen LogP contribution < -0.4 is 5.32 Å². The van der Waals surface area contributed by atoms with Gasteiger partial charge in [-0.1, -0.05) is 37.3 Å². The molecule has 1 aromatic carbocycles. The van der Waals surface area contributed by atoms with Gasteiger partial charge in [0.25, 0.3) is 0 Å². The molecule has 19 heavy (non-hydrogen) atoms. The third-order valence-electron chi connectivity index (χ3n) is 2.96. The number of aliphatic hydroxyl groups excluding tert-OH is 1. The minimum Gasteiger partial charge on any atom is -0.480 e. The molecule has 1 unspecified atom stereocenters. The Labute approximate surface area is 112 Å². The highest BCUT2D eigenvalue weighted by atomic mass is 16.4. The Bertz CT molecular complexity index is 419. The molecule has 0 fully saturated rings. The zero-order chi connectivity index (χ0) is 14.3. The van der Waals surface area contributed by atoms with Crippen LogP contribution in [-0.4, -0.2) is 34.7 Å². The molecule has 0 heterocycles. The number of aliphatic carboxylic acids is 1. The van der Waals surface area contributed by atoms with Crippen LogP contribution in [0.25, 0.3) is 0 Å². The SMILES string of the molecule is CCC(C(=O)N[C@H](CCO)C(=O)O)c1ccccc1. The molecule has 3 N–H and O–H groups in total. The minimum atomic E-state index is -1.13. The second-order valence-electron chi connectivity index (χ2n) is 4.28. The molecule has 0 radical (unpaired) electrons. The molecule has 0 aliphatic heterocycles. The van der Waals surface area contributed by atoms with E-state index in [9.17, 15) is 9.59 Å². The number of carboxylic acid groups (broad SMARTS) is 1. The summed E-state index contributed by atoms with van der Waals surface area (Å²) in [5, 5.41) is 20.2. The van der Waals surface area contributed by atoms with Gasteiger partial charge >= 0.3 is 5.97 Å². The normalized spacial score (nSPS) is 13.6. The first-order valence-electron chi connectivity index (χ1n) is 6.29. The van der Waals surface area contributed by atoms with Gasteiger partial charge in [-0.2, -0.15) is 0 Å². The van der Waals surface area contributed by atoms with Gasteiger partial charge in [0.2, 0.25) is 5.91 Å². The highest BCUT2D eigenvalue weighted by molar-refractivity contribution is 5.88. The van der Waals surface area contributed by atoms with Gasteiger partial charge < -0.3 is 15.5 Å². The van der Waals surface area contributed by atoms with Gasteiger partial charge in [-0.25, -0.2) is 4.79 Å². The van der Waals surface area contributed by atoms with E-state index in [2.05, 4.69) is 5.32 Å². The topological polar surface area (TPSA) is 86.6 Å². The van der Waals surface area contributed by atoms with Gasteiger partial charge in [-0.15, -0.1) is 0 Å². The third-order valence-corrected chi connectivity index (χ3v) is 2.96. The Morgan fingerprint density at radius 2 is 1.89 bits per heavy atom. The fourth-order valence-corrected chi connectivity index (χ4v) is 1.92. The number of hydrogen-bond donors (Lipinski definition) is 3. The van der Waals surface area contributed by atoms with E-state index in [1.165, 1.54) is 0 Å². The summed E-state index contributed by atoms with van der Waals surface area (Å²) >= 11 is 0. The van der Waals surface area contributed by atoms with E-state index in [1.54, 1.807) is 0 Å². The lowest BCUT2D eigenvalue weighted by Gasteiger charge is -2.19. The van der Waals surface area contributed by atoms with Crippen LogP contribution in [0.3, 0.4) is 0 Å². The summed E-state index contributed by atoms with van der Waals surface area (Å²) in [4.78, 5) is 23.1. The van der Waals surface area contributed by atoms with E-state index in [-0.39, 0.29) is 24.9 Å². The van der Waals surface area contributed by atoms with Crippen molar-refractivity contribution in [3.8, 4) is 0 Å². The number of amides is 1. The number of benzene rings is 1. The smallest absolute Gasteiger partial charge is 0.326 e. The van der Waals surface area contributed by atoms with Crippen molar-refractivity contribution in [3.05, 3.63) is 35.9 Å². The molecule has 0 aromatic heterocycles. The largest absolute Gasteiger partial charge is 0.480 e. The van der Waals surface area contributed by atoms with Crippen molar-refractivity contribution < 1.29 is 19.8 Å². The number of carboxylic acids is 1. The van der Waals surface area contributed by atoms with Crippen LogP contribution in [0.2, 0.25) is 0 Å². The van der Waals surface area contributed by atoms with E-state index >= 15 is 0 Å². The van der Waals surface area contributed by atoms with Crippen LogP contribution in [0.5, 0.6) is 0 Å². The second-order valence-corrected chi connectivity index (χ2v) is 4.28. The van der Waals surface area contributed by atoms with E-state index in [1.807, 2.05) is 37.3 Å². The number of hydrogen-bond acceptors (Lipinski definition) is 3. The minimum absolute atomic E-state index is 0.00625. The van der Waals surface area contributed by atoms with Gasteiger partial charge in [0, 0.05) is 13.0 Å². The molecule has 0 aliphatic rings.